The topological polar surface area (TPSA) is 38.0 Å². The van der Waals surface area contributed by atoms with Crippen LogP contribution in [0.15, 0.2) is 11.4 Å². The highest BCUT2D eigenvalue weighted by atomic mass is 32.1. The van der Waals surface area contributed by atoms with Crippen LogP contribution < -0.4 is 11.3 Å². The summed E-state index contributed by atoms with van der Waals surface area (Å²) in [5, 5.41) is 2.13. The molecule has 0 spiro atoms. The SMILES string of the molecule is CC#CCCC(NN)c1sccc1CC. The quantitative estimate of drug-likeness (QED) is 0.456. The average Bonchev–Trinajstić information content (AvgIpc) is 2.72. The number of nitrogens with two attached hydrogens (primary N) is 1. The molecule has 1 unspecified atom stereocenters. The van der Waals surface area contributed by atoms with Crippen LogP contribution in [-0.2, 0) is 6.42 Å². The highest BCUT2D eigenvalue weighted by molar-refractivity contribution is 7.10. The van der Waals surface area contributed by atoms with Gasteiger partial charge in [-0.1, -0.05) is 6.92 Å². The van der Waals surface area contributed by atoms with Gasteiger partial charge in [-0.05, 0) is 36.8 Å². The Morgan fingerprint density at radius 2 is 2.40 bits per heavy atom. The summed E-state index contributed by atoms with van der Waals surface area (Å²) in [5.41, 5.74) is 4.28. The molecule has 1 aromatic heterocycles. The number of rotatable bonds is 5. The standard InChI is InChI=1S/C12H18N2S/c1-3-5-6-7-11(14-13)12-10(4-2)8-9-15-12/h8-9,11,14H,4,6-7,13H2,1-2H3. The van der Waals surface area contributed by atoms with E-state index >= 15 is 0 Å². The molecule has 0 bridgehead atoms. The van der Waals surface area contributed by atoms with Gasteiger partial charge in [0.15, 0.2) is 0 Å². The second kappa shape index (κ2) is 6.62. The predicted molar refractivity (Wildman–Crippen MR) is 66.4 cm³/mol. The van der Waals surface area contributed by atoms with E-state index in [4.69, 9.17) is 5.84 Å². The van der Waals surface area contributed by atoms with Crippen LogP contribution in [-0.4, -0.2) is 0 Å². The Bertz CT molecular complexity index is 346. The van der Waals surface area contributed by atoms with E-state index in [9.17, 15) is 0 Å². The van der Waals surface area contributed by atoms with Crippen LogP contribution in [0.4, 0.5) is 0 Å². The molecule has 1 heterocycles. The first-order valence-electron chi connectivity index (χ1n) is 5.25. The lowest BCUT2D eigenvalue weighted by Crippen LogP contribution is -2.27. The number of hydrazine groups is 1. The van der Waals surface area contributed by atoms with Crippen LogP contribution in [0.1, 0.15) is 43.2 Å². The van der Waals surface area contributed by atoms with Gasteiger partial charge in [0.25, 0.3) is 0 Å². The summed E-state index contributed by atoms with van der Waals surface area (Å²) < 4.78 is 0. The summed E-state index contributed by atoms with van der Waals surface area (Å²) in [6.07, 6.45) is 2.94. The zero-order valence-electron chi connectivity index (χ0n) is 9.34. The van der Waals surface area contributed by atoms with Crippen molar-refractivity contribution in [3.8, 4) is 11.8 Å². The molecule has 82 valence electrons. The van der Waals surface area contributed by atoms with E-state index in [0.717, 1.165) is 19.3 Å². The van der Waals surface area contributed by atoms with Crippen molar-refractivity contribution in [1.29, 1.82) is 0 Å². The Morgan fingerprint density at radius 1 is 1.60 bits per heavy atom. The highest BCUT2D eigenvalue weighted by Gasteiger charge is 2.13. The predicted octanol–water partition coefficient (Wildman–Crippen LogP) is 2.62. The molecule has 3 heteroatoms. The zero-order valence-corrected chi connectivity index (χ0v) is 10.2. The van der Waals surface area contributed by atoms with E-state index in [0.29, 0.717) is 0 Å². The molecular weight excluding hydrogens is 204 g/mol. The van der Waals surface area contributed by atoms with Crippen LogP contribution in [0.2, 0.25) is 0 Å². The zero-order chi connectivity index (χ0) is 11.1. The third-order valence-corrected chi connectivity index (χ3v) is 3.49. The average molecular weight is 222 g/mol. The minimum atomic E-state index is 0.251. The summed E-state index contributed by atoms with van der Waals surface area (Å²) in [6.45, 7) is 4.04. The maximum absolute atomic E-state index is 5.58. The molecule has 15 heavy (non-hydrogen) atoms. The van der Waals surface area contributed by atoms with Crippen LogP contribution in [0.3, 0.4) is 0 Å². The summed E-state index contributed by atoms with van der Waals surface area (Å²) in [4.78, 5) is 1.36. The minimum absolute atomic E-state index is 0.251. The van der Waals surface area contributed by atoms with Gasteiger partial charge in [0.1, 0.15) is 0 Å². The fraction of sp³-hybridized carbons (Fsp3) is 0.500. The van der Waals surface area contributed by atoms with Gasteiger partial charge >= 0.3 is 0 Å². The third kappa shape index (κ3) is 3.35. The van der Waals surface area contributed by atoms with Crippen molar-refractivity contribution in [3.63, 3.8) is 0 Å². The van der Waals surface area contributed by atoms with Crippen LogP contribution >= 0.6 is 11.3 Å². The highest BCUT2D eigenvalue weighted by Crippen LogP contribution is 2.27. The molecular formula is C12H18N2S. The largest absolute Gasteiger partial charge is 0.271 e. The smallest absolute Gasteiger partial charge is 0.0565 e. The molecule has 0 fully saturated rings. The Hall–Kier alpha value is -0.820. The van der Waals surface area contributed by atoms with Gasteiger partial charge in [-0.15, -0.1) is 23.2 Å². The van der Waals surface area contributed by atoms with Gasteiger partial charge in [0.2, 0.25) is 0 Å². The molecule has 1 rings (SSSR count). The van der Waals surface area contributed by atoms with Gasteiger partial charge in [-0.25, -0.2) is 0 Å². The first-order valence-corrected chi connectivity index (χ1v) is 6.13. The molecule has 0 aliphatic carbocycles. The summed E-state index contributed by atoms with van der Waals surface area (Å²) in [6, 6.07) is 2.43. The second-order valence-corrected chi connectivity index (χ2v) is 4.30. The molecule has 0 aliphatic heterocycles. The van der Waals surface area contributed by atoms with Gasteiger partial charge in [-0.3, -0.25) is 11.3 Å². The van der Waals surface area contributed by atoms with E-state index in [-0.39, 0.29) is 6.04 Å². The van der Waals surface area contributed by atoms with Crippen molar-refractivity contribution in [3.05, 3.63) is 21.9 Å². The Morgan fingerprint density at radius 3 is 3.00 bits per heavy atom. The van der Waals surface area contributed by atoms with Crippen molar-refractivity contribution in [2.45, 2.75) is 39.2 Å². The van der Waals surface area contributed by atoms with Gasteiger partial charge in [0.05, 0.1) is 6.04 Å². The third-order valence-electron chi connectivity index (χ3n) is 2.41. The first-order chi connectivity index (χ1) is 7.33. The molecule has 0 saturated carbocycles. The van der Waals surface area contributed by atoms with Crippen LogP contribution in [0.25, 0.3) is 0 Å². The van der Waals surface area contributed by atoms with Crippen LogP contribution in [0, 0.1) is 11.8 Å². The van der Waals surface area contributed by atoms with Crippen molar-refractivity contribution in [1.82, 2.24) is 5.43 Å². The Kier molecular flexibility index (Phi) is 5.41. The van der Waals surface area contributed by atoms with E-state index in [1.54, 1.807) is 11.3 Å². The number of thiophene rings is 1. The monoisotopic (exact) mass is 222 g/mol. The van der Waals surface area contributed by atoms with Gasteiger partial charge < -0.3 is 0 Å². The minimum Gasteiger partial charge on any atom is -0.271 e. The van der Waals surface area contributed by atoms with Gasteiger partial charge in [0, 0.05) is 11.3 Å². The molecule has 3 N–H and O–H groups in total. The number of aryl methyl sites for hydroxylation is 1. The maximum Gasteiger partial charge on any atom is 0.0565 e. The van der Waals surface area contributed by atoms with E-state index in [2.05, 4.69) is 35.6 Å². The van der Waals surface area contributed by atoms with E-state index < -0.39 is 0 Å². The number of hydrogen-bond acceptors (Lipinski definition) is 3. The van der Waals surface area contributed by atoms with Gasteiger partial charge in [-0.2, -0.15) is 0 Å². The molecule has 0 aliphatic rings. The summed E-state index contributed by atoms with van der Waals surface area (Å²) in [7, 11) is 0. The molecule has 0 saturated heterocycles. The fourth-order valence-corrected chi connectivity index (χ4v) is 2.67. The van der Waals surface area contributed by atoms with E-state index in [1.165, 1.54) is 10.4 Å². The lowest BCUT2D eigenvalue weighted by molar-refractivity contribution is 0.528. The van der Waals surface area contributed by atoms with Crippen LogP contribution in [0.5, 0.6) is 0 Å². The molecule has 0 radical (unpaired) electrons. The summed E-state index contributed by atoms with van der Waals surface area (Å²) in [5.74, 6) is 11.6. The summed E-state index contributed by atoms with van der Waals surface area (Å²) >= 11 is 1.77. The maximum atomic E-state index is 5.58. The van der Waals surface area contributed by atoms with Crippen molar-refractivity contribution >= 4 is 11.3 Å². The molecule has 1 aromatic rings. The number of nitrogens with one attached hydrogen (secondary N) is 1. The normalized spacial score (nSPS) is 11.9. The molecule has 1 atom stereocenters. The Balaban J connectivity index is 2.67. The lowest BCUT2D eigenvalue weighted by atomic mass is 10.1. The second-order valence-electron chi connectivity index (χ2n) is 3.35. The molecule has 0 amide bonds. The first kappa shape index (κ1) is 12.3. The lowest BCUT2D eigenvalue weighted by Gasteiger charge is -2.14. The number of hydrogen-bond donors (Lipinski definition) is 2. The van der Waals surface area contributed by atoms with Crippen molar-refractivity contribution in [2.75, 3.05) is 0 Å². The molecule has 2 nitrogen and oxygen atoms in total. The fourth-order valence-electron chi connectivity index (χ4n) is 1.58. The Labute approximate surface area is 95.9 Å². The van der Waals surface area contributed by atoms with Crippen molar-refractivity contribution < 1.29 is 0 Å². The molecule has 0 aromatic carbocycles. The van der Waals surface area contributed by atoms with Crippen molar-refractivity contribution in [2.24, 2.45) is 5.84 Å². The van der Waals surface area contributed by atoms with E-state index in [1.807, 2.05) is 6.92 Å².